The van der Waals surface area contributed by atoms with Crippen molar-refractivity contribution in [3.05, 3.63) is 28.7 Å². The van der Waals surface area contributed by atoms with E-state index in [1.54, 1.807) is 0 Å². The first kappa shape index (κ1) is 5.88. The van der Waals surface area contributed by atoms with Crippen LogP contribution in [0.2, 0.25) is 0 Å². The highest BCUT2D eigenvalue weighted by Gasteiger charge is 1.91. The Morgan fingerprint density at radius 2 is 2.56 bits per heavy atom. The predicted octanol–water partition coefficient (Wildman–Crippen LogP) is 0.585. The Labute approximate surface area is 52.6 Å². The third-order valence-electron chi connectivity index (χ3n) is 1.06. The number of hydrogen-bond acceptors (Lipinski definition) is 1. The highest BCUT2D eigenvalue weighted by Crippen LogP contribution is 1.83. The van der Waals surface area contributed by atoms with Crippen molar-refractivity contribution in [2.45, 2.75) is 6.92 Å². The maximum Gasteiger partial charge on any atom is 0.270 e. The van der Waals surface area contributed by atoms with Crippen molar-refractivity contribution >= 4 is 6.20 Å². The minimum Gasteiger partial charge on any atom is -0.296 e. The van der Waals surface area contributed by atoms with Crippen LogP contribution in [0, 0.1) is 6.92 Å². The summed E-state index contributed by atoms with van der Waals surface area (Å²) >= 11 is 0. The molecule has 0 aromatic carbocycles. The standard InChI is InChI=1S/C6H8N2O/c1-3-8-6(9)4-5(2)7-8/h3-4,7H,1H2,2H3. The van der Waals surface area contributed by atoms with Crippen LogP contribution >= 0.6 is 0 Å². The van der Waals surface area contributed by atoms with Gasteiger partial charge >= 0.3 is 0 Å². The molecular weight excluding hydrogens is 116 g/mol. The molecule has 0 amide bonds. The molecule has 0 unspecified atom stereocenters. The van der Waals surface area contributed by atoms with Gasteiger partial charge in [-0.15, -0.1) is 0 Å². The minimum atomic E-state index is -0.0671. The van der Waals surface area contributed by atoms with Crippen LogP contribution in [0.3, 0.4) is 0 Å². The average Bonchev–Trinajstić information content (AvgIpc) is 2.10. The molecular formula is C6H8N2O. The quantitative estimate of drug-likeness (QED) is 0.584. The van der Waals surface area contributed by atoms with Crippen LogP contribution in [-0.2, 0) is 0 Å². The number of H-pyrrole nitrogens is 1. The molecule has 0 spiro atoms. The first-order chi connectivity index (χ1) is 4.24. The zero-order chi connectivity index (χ0) is 6.85. The Kier molecular flexibility index (Phi) is 1.26. The summed E-state index contributed by atoms with van der Waals surface area (Å²) in [5.74, 6) is 0. The van der Waals surface area contributed by atoms with Gasteiger partial charge in [0.05, 0.1) is 0 Å². The van der Waals surface area contributed by atoms with Crippen molar-refractivity contribution in [3.63, 3.8) is 0 Å². The SMILES string of the molecule is C=Cn1[nH]c(C)cc1=O. The lowest BCUT2D eigenvalue weighted by molar-refractivity contribution is 0.885. The molecule has 0 aliphatic rings. The van der Waals surface area contributed by atoms with Crippen molar-refractivity contribution < 1.29 is 0 Å². The molecule has 0 bridgehead atoms. The Bertz CT molecular complexity index is 269. The number of aryl methyl sites for hydroxylation is 1. The van der Waals surface area contributed by atoms with E-state index in [4.69, 9.17) is 0 Å². The van der Waals surface area contributed by atoms with E-state index in [1.807, 2.05) is 6.92 Å². The fourth-order valence-corrected chi connectivity index (χ4v) is 0.668. The molecule has 9 heavy (non-hydrogen) atoms. The van der Waals surface area contributed by atoms with Gasteiger partial charge in [0, 0.05) is 18.0 Å². The Balaban J connectivity index is 3.32. The van der Waals surface area contributed by atoms with Crippen LogP contribution in [0.25, 0.3) is 6.20 Å². The van der Waals surface area contributed by atoms with Crippen molar-refractivity contribution in [3.8, 4) is 0 Å². The summed E-state index contributed by atoms with van der Waals surface area (Å²) in [6, 6.07) is 1.52. The van der Waals surface area contributed by atoms with E-state index in [-0.39, 0.29) is 5.56 Å². The van der Waals surface area contributed by atoms with Crippen molar-refractivity contribution in [1.29, 1.82) is 0 Å². The van der Waals surface area contributed by atoms with Gasteiger partial charge in [-0.2, -0.15) is 0 Å². The molecule has 1 heterocycles. The molecule has 0 aliphatic heterocycles. The molecule has 0 radical (unpaired) electrons. The van der Waals surface area contributed by atoms with Gasteiger partial charge in [-0.05, 0) is 6.92 Å². The minimum absolute atomic E-state index is 0.0671. The first-order valence-corrected chi connectivity index (χ1v) is 2.65. The predicted molar refractivity (Wildman–Crippen MR) is 36.2 cm³/mol. The molecule has 48 valence electrons. The molecule has 1 N–H and O–H groups in total. The largest absolute Gasteiger partial charge is 0.296 e. The number of nitrogens with one attached hydrogen (secondary N) is 1. The van der Waals surface area contributed by atoms with Gasteiger partial charge in [0.25, 0.3) is 5.56 Å². The van der Waals surface area contributed by atoms with Crippen LogP contribution < -0.4 is 5.56 Å². The van der Waals surface area contributed by atoms with E-state index < -0.39 is 0 Å². The average molecular weight is 124 g/mol. The van der Waals surface area contributed by atoms with E-state index in [0.29, 0.717) is 0 Å². The van der Waals surface area contributed by atoms with Crippen LogP contribution in [0.5, 0.6) is 0 Å². The first-order valence-electron chi connectivity index (χ1n) is 2.65. The summed E-state index contributed by atoms with van der Waals surface area (Å²) in [6.45, 7) is 5.26. The summed E-state index contributed by atoms with van der Waals surface area (Å²) in [6.07, 6.45) is 1.44. The Hall–Kier alpha value is -1.25. The molecule has 1 aromatic heterocycles. The number of aromatic nitrogens is 2. The lowest BCUT2D eigenvalue weighted by atomic mass is 10.5. The summed E-state index contributed by atoms with van der Waals surface area (Å²) in [5, 5.41) is 2.78. The topological polar surface area (TPSA) is 37.8 Å². The highest BCUT2D eigenvalue weighted by molar-refractivity contribution is 5.15. The van der Waals surface area contributed by atoms with Gasteiger partial charge in [-0.25, -0.2) is 4.68 Å². The fourth-order valence-electron chi connectivity index (χ4n) is 0.668. The fraction of sp³-hybridized carbons (Fsp3) is 0.167. The van der Waals surface area contributed by atoms with E-state index in [2.05, 4.69) is 11.7 Å². The van der Waals surface area contributed by atoms with Crippen molar-refractivity contribution in [2.24, 2.45) is 0 Å². The van der Waals surface area contributed by atoms with Crippen LogP contribution in [0.4, 0.5) is 0 Å². The van der Waals surface area contributed by atoms with Crippen molar-refractivity contribution in [1.82, 2.24) is 9.78 Å². The normalized spacial score (nSPS) is 9.44. The summed E-state index contributed by atoms with van der Waals surface area (Å²) < 4.78 is 1.33. The van der Waals surface area contributed by atoms with Gasteiger partial charge in [0.15, 0.2) is 0 Å². The molecule has 1 aromatic rings. The number of hydrogen-bond donors (Lipinski definition) is 1. The molecule has 3 heteroatoms. The highest BCUT2D eigenvalue weighted by atomic mass is 16.1. The van der Waals surface area contributed by atoms with Gasteiger partial charge < -0.3 is 0 Å². The van der Waals surface area contributed by atoms with E-state index >= 15 is 0 Å². The van der Waals surface area contributed by atoms with Crippen LogP contribution in [0.15, 0.2) is 17.4 Å². The van der Waals surface area contributed by atoms with Gasteiger partial charge in [0.2, 0.25) is 0 Å². The maximum absolute atomic E-state index is 10.7. The molecule has 3 nitrogen and oxygen atoms in total. The van der Waals surface area contributed by atoms with Gasteiger partial charge in [0.1, 0.15) is 0 Å². The third kappa shape index (κ3) is 0.937. The van der Waals surface area contributed by atoms with Gasteiger partial charge in [-0.1, -0.05) is 6.58 Å². The second-order valence-electron chi connectivity index (χ2n) is 1.83. The molecule has 1 rings (SSSR count). The van der Waals surface area contributed by atoms with Crippen LogP contribution in [0.1, 0.15) is 5.69 Å². The van der Waals surface area contributed by atoms with Crippen molar-refractivity contribution in [2.75, 3.05) is 0 Å². The summed E-state index contributed by atoms with van der Waals surface area (Å²) in [7, 11) is 0. The summed E-state index contributed by atoms with van der Waals surface area (Å²) in [4.78, 5) is 10.7. The van der Waals surface area contributed by atoms with E-state index in [1.165, 1.54) is 16.9 Å². The lowest BCUT2D eigenvalue weighted by Gasteiger charge is -1.85. The number of nitrogens with zero attached hydrogens (tertiary/aromatic N) is 1. The van der Waals surface area contributed by atoms with E-state index in [0.717, 1.165) is 5.69 Å². The summed E-state index contributed by atoms with van der Waals surface area (Å²) in [5.41, 5.74) is 0.780. The molecule has 0 saturated carbocycles. The molecule has 0 atom stereocenters. The van der Waals surface area contributed by atoms with E-state index in [9.17, 15) is 4.79 Å². The molecule has 0 aliphatic carbocycles. The number of aromatic amines is 1. The zero-order valence-corrected chi connectivity index (χ0v) is 5.22. The lowest BCUT2D eigenvalue weighted by Crippen LogP contribution is -2.08. The van der Waals surface area contributed by atoms with Crippen LogP contribution in [-0.4, -0.2) is 9.78 Å². The Morgan fingerprint density at radius 1 is 1.89 bits per heavy atom. The smallest absolute Gasteiger partial charge is 0.270 e. The zero-order valence-electron chi connectivity index (χ0n) is 5.22. The van der Waals surface area contributed by atoms with Gasteiger partial charge in [-0.3, -0.25) is 9.89 Å². The molecule has 0 saturated heterocycles. The molecule has 0 fully saturated rings. The Morgan fingerprint density at radius 3 is 2.78 bits per heavy atom. The monoisotopic (exact) mass is 124 g/mol. The maximum atomic E-state index is 10.7. The second-order valence-corrected chi connectivity index (χ2v) is 1.83. The third-order valence-corrected chi connectivity index (χ3v) is 1.06. The second kappa shape index (κ2) is 1.93. The number of rotatable bonds is 1.